The number of methoxy groups -OCH3 is 1. The number of hydrogen-bond donors (Lipinski definition) is 2. The average molecular weight is 516 g/mol. The normalized spacial score (nSPS) is 11.2. The molecule has 0 aliphatic heterocycles. The maximum absolute atomic E-state index is 13.5. The van der Waals surface area contributed by atoms with Crippen molar-refractivity contribution >= 4 is 29.3 Å². The summed E-state index contributed by atoms with van der Waals surface area (Å²) in [7, 11) is 1.49. The number of hydrogen-bond acceptors (Lipinski definition) is 5. The molecule has 1 amide bonds. The van der Waals surface area contributed by atoms with Gasteiger partial charge in [-0.15, -0.1) is 0 Å². The van der Waals surface area contributed by atoms with Crippen LogP contribution < -0.4 is 14.8 Å². The first kappa shape index (κ1) is 27.0. The summed E-state index contributed by atoms with van der Waals surface area (Å²) in [5, 5.41) is 11.8. The Hall–Kier alpha value is -3.59. The second kappa shape index (κ2) is 11.4. The number of aliphatic carboxylic acids is 1. The van der Waals surface area contributed by atoms with Gasteiger partial charge in [0, 0.05) is 33.4 Å². The van der Waals surface area contributed by atoms with Gasteiger partial charge in [-0.05, 0) is 48.0 Å². The molecule has 0 bridgehead atoms. The number of carbonyl (C=O) groups excluding carboxylic acids is 1. The van der Waals surface area contributed by atoms with Gasteiger partial charge in [0.05, 0.1) is 13.5 Å². The van der Waals surface area contributed by atoms with Crippen molar-refractivity contribution in [1.29, 1.82) is 0 Å². The smallest absolute Gasteiger partial charge is 0.307 e. The summed E-state index contributed by atoms with van der Waals surface area (Å²) in [6, 6.07) is 12.5. The molecule has 0 aromatic heterocycles. The second-order valence-corrected chi connectivity index (χ2v) is 10.8. The molecule has 3 aromatic rings. The summed E-state index contributed by atoms with van der Waals surface area (Å²) < 4.78 is 38.6. The van der Waals surface area contributed by atoms with E-state index in [1.807, 2.05) is 0 Å². The number of ether oxygens (including phenoxy) is 2. The van der Waals surface area contributed by atoms with E-state index < -0.39 is 23.5 Å². The van der Waals surface area contributed by atoms with E-state index in [1.54, 1.807) is 48.2 Å². The maximum atomic E-state index is 13.5. The van der Waals surface area contributed by atoms with E-state index in [2.05, 4.69) is 26.1 Å². The molecular formula is C27H27F2NO5S. The van der Waals surface area contributed by atoms with Crippen molar-refractivity contribution in [3.8, 4) is 17.2 Å². The highest BCUT2D eigenvalue weighted by atomic mass is 32.2. The van der Waals surface area contributed by atoms with Crippen LogP contribution in [0.15, 0.2) is 54.6 Å². The molecule has 9 heteroatoms. The quantitative estimate of drug-likeness (QED) is 0.331. The predicted octanol–water partition coefficient (Wildman–Crippen LogP) is 6.68. The lowest BCUT2D eigenvalue weighted by molar-refractivity contribution is -0.136. The van der Waals surface area contributed by atoms with Gasteiger partial charge in [0.15, 0.2) is 11.5 Å². The van der Waals surface area contributed by atoms with Crippen LogP contribution in [0.5, 0.6) is 17.2 Å². The number of benzene rings is 3. The van der Waals surface area contributed by atoms with Gasteiger partial charge in [0.25, 0.3) is 5.91 Å². The predicted molar refractivity (Wildman–Crippen MR) is 136 cm³/mol. The van der Waals surface area contributed by atoms with Gasteiger partial charge in [-0.1, -0.05) is 26.8 Å². The maximum Gasteiger partial charge on any atom is 0.307 e. The van der Waals surface area contributed by atoms with Gasteiger partial charge < -0.3 is 19.9 Å². The lowest BCUT2D eigenvalue weighted by atomic mass is 10.1. The highest BCUT2D eigenvalue weighted by molar-refractivity contribution is 7.99. The van der Waals surface area contributed by atoms with Crippen molar-refractivity contribution in [2.75, 3.05) is 12.4 Å². The van der Waals surface area contributed by atoms with E-state index in [0.29, 0.717) is 40.3 Å². The summed E-state index contributed by atoms with van der Waals surface area (Å²) in [4.78, 5) is 23.7. The number of thioether (sulfide) groups is 1. The van der Waals surface area contributed by atoms with Gasteiger partial charge in [0.2, 0.25) is 0 Å². The Morgan fingerprint density at radius 1 is 0.944 bits per heavy atom. The molecule has 0 fully saturated rings. The van der Waals surface area contributed by atoms with E-state index in [9.17, 15) is 18.4 Å². The Kier molecular flexibility index (Phi) is 8.57. The Morgan fingerprint density at radius 3 is 2.22 bits per heavy atom. The molecule has 3 rings (SSSR count). The molecule has 2 N–H and O–H groups in total. The molecule has 0 aliphatic carbocycles. The Balaban J connectivity index is 1.93. The van der Waals surface area contributed by atoms with Crippen molar-refractivity contribution in [3.63, 3.8) is 0 Å². The van der Waals surface area contributed by atoms with Gasteiger partial charge in [-0.25, -0.2) is 8.78 Å². The van der Waals surface area contributed by atoms with Crippen LogP contribution in [-0.2, 0) is 17.0 Å². The molecular weight excluding hydrogens is 488 g/mol. The third-order valence-corrected chi connectivity index (χ3v) is 6.23. The fourth-order valence-corrected chi connectivity index (χ4v) is 4.07. The molecule has 0 saturated carbocycles. The first-order valence-corrected chi connectivity index (χ1v) is 12.0. The standard InChI is InChI=1S/C27H27F2NO5S/c1-27(2,3)36-15-18-13-21(30-26(33)17-11-19(28)14-20(29)12-17)6-8-22(18)35-24-9-16(10-25(31)32)5-7-23(24)34-4/h5-9,11-14H,10,15H2,1-4H3,(H,30,33)(H,31,32). The lowest BCUT2D eigenvalue weighted by Gasteiger charge is -2.20. The number of nitrogens with one attached hydrogen (secondary N) is 1. The lowest BCUT2D eigenvalue weighted by Crippen LogP contribution is -2.13. The third-order valence-electron chi connectivity index (χ3n) is 4.91. The minimum Gasteiger partial charge on any atom is -0.493 e. The van der Waals surface area contributed by atoms with E-state index in [0.717, 1.165) is 17.7 Å². The molecule has 3 aromatic carbocycles. The third kappa shape index (κ3) is 7.71. The number of carboxylic acid groups (broad SMARTS) is 1. The second-order valence-electron chi connectivity index (χ2n) is 8.99. The van der Waals surface area contributed by atoms with Crippen LogP contribution in [0.2, 0.25) is 0 Å². The summed E-state index contributed by atoms with van der Waals surface area (Å²) in [6.45, 7) is 6.21. The average Bonchev–Trinajstić information content (AvgIpc) is 2.77. The van der Waals surface area contributed by atoms with Crippen molar-refractivity contribution in [1.82, 2.24) is 0 Å². The fraction of sp³-hybridized carbons (Fsp3) is 0.259. The zero-order valence-corrected chi connectivity index (χ0v) is 21.2. The van der Waals surface area contributed by atoms with E-state index in [1.165, 1.54) is 7.11 Å². The fourth-order valence-electron chi connectivity index (χ4n) is 3.26. The van der Waals surface area contributed by atoms with Crippen molar-refractivity contribution in [2.24, 2.45) is 0 Å². The first-order valence-electron chi connectivity index (χ1n) is 11.0. The van der Waals surface area contributed by atoms with Gasteiger partial charge in [0.1, 0.15) is 17.4 Å². The number of carboxylic acids is 1. The topological polar surface area (TPSA) is 84.9 Å². The van der Waals surface area contributed by atoms with Crippen molar-refractivity contribution in [3.05, 3.63) is 82.9 Å². The number of amides is 1. The van der Waals surface area contributed by atoms with Crippen LogP contribution in [0, 0.1) is 11.6 Å². The molecule has 36 heavy (non-hydrogen) atoms. The molecule has 0 atom stereocenters. The minimum absolute atomic E-state index is 0.0608. The van der Waals surface area contributed by atoms with E-state index >= 15 is 0 Å². The van der Waals surface area contributed by atoms with Crippen LogP contribution in [0.3, 0.4) is 0 Å². The highest BCUT2D eigenvalue weighted by Gasteiger charge is 2.17. The summed E-state index contributed by atoms with van der Waals surface area (Å²) >= 11 is 1.66. The van der Waals surface area contributed by atoms with Crippen LogP contribution in [0.1, 0.15) is 42.3 Å². The van der Waals surface area contributed by atoms with E-state index in [4.69, 9.17) is 14.6 Å². The molecule has 0 radical (unpaired) electrons. The zero-order chi connectivity index (χ0) is 26.5. The highest BCUT2D eigenvalue weighted by Crippen LogP contribution is 2.38. The number of anilines is 1. The summed E-state index contributed by atoms with van der Waals surface area (Å²) in [5.41, 5.74) is 1.59. The number of halogens is 2. The van der Waals surface area contributed by atoms with Gasteiger partial charge in [-0.3, -0.25) is 9.59 Å². The van der Waals surface area contributed by atoms with Crippen molar-refractivity contribution < 1.29 is 33.0 Å². The molecule has 6 nitrogen and oxygen atoms in total. The monoisotopic (exact) mass is 515 g/mol. The zero-order valence-electron chi connectivity index (χ0n) is 20.4. The Bertz CT molecular complexity index is 1250. The van der Waals surface area contributed by atoms with Crippen LogP contribution in [0.25, 0.3) is 0 Å². The van der Waals surface area contributed by atoms with Crippen LogP contribution >= 0.6 is 11.8 Å². The summed E-state index contributed by atoms with van der Waals surface area (Å²) in [6.07, 6.45) is -0.168. The van der Waals surface area contributed by atoms with Gasteiger partial charge >= 0.3 is 5.97 Å². The largest absolute Gasteiger partial charge is 0.493 e. The Morgan fingerprint density at radius 2 is 1.61 bits per heavy atom. The Labute approximate surface area is 212 Å². The number of carbonyl (C=O) groups is 2. The van der Waals surface area contributed by atoms with Crippen LogP contribution in [-0.4, -0.2) is 28.8 Å². The number of rotatable bonds is 9. The minimum atomic E-state index is -0.966. The molecule has 190 valence electrons. The van der Waals surface area contributed by atoms with Crippen LogP contribution in [0.4, 0.5) is 14.5 Å². The van der Waals surface area contributed by atoms with Gasteiger partial charge in [-0.2, -0.15) is 11.8 Å². The molecule has 0 unspecified atom stereocenters. The molecule has 0 spiro atoms. The van der Waals surface area contributed by atoms with Crippen molar-refractivity contribution in [2.45, 2.75) is 37.7 Å². The van der Waals surface area contributed by atoms with E-state index in [-0.39, 0.29) is 16.7 Å². The SMILES string of the molecule is COc1ccc(CC(=O)O)cc1Oc1ccc(NC(=O)c2cc(F)cc(F)c2)cc1CSC(C)(C)C. The summed E-state index contributed by atoms with van der Waals surface area (Å²) in [5.74, 6) is -1.49. The molecule has 0 saturated heterocycles. The molecule has 0 heterocycles. The molecule has 0 aliphatic rings. The first-order chi connectivity index (χ1) is 16.9.